The van der Waals surface area contributed by atoms with E-state index in [0.717, 1.165) is 16.7 Å². The van der Waals surface area contributed by atoms with Crippen LogP contribution in [0.1, 0.15) is 12.5 Å². The summed E-state index contributed by atoms with van der Waals surface area (Å²) in [7, 11) is 1.95. The fourth-order valence-corrected chi connectivity index (χ4v) is 4.56. The average molecular weight is 520 g/mol. The molecular weight excluding hydrogens is 494 g/mol. The van der Waals surface area contributed by atoms with Gasteiger partial charge < -0.3 is 24.4 Å². The van der Waals surface area contributed by atoms with Crippen molar-refractivity contribution in [3.8, 4) is 23.8 Å². The minimum Gasteiger partial charge on any atom is -0.456 e. The molecule has 0 spiro atoms. The van der Waals surface area contributed by atoms with Crippen molar-refractivity contribution in [2.75, 3.05) is 36.4 Å². The number of carbonyl (C=O) groups excluding carboxylic acids is 1. The quantitative estimate of drug-likeness (QED) is 0.349. The Kier molecular flexibility index (Phi) is 6.13. The second-order valence-electron chi connectivity index (χ2n) is 9.21. The summed E-state index contributed by atoms with van der Waals surface area (Å²) in [6.07, 6.45) is 10.7. The van der Waals surface area contributed by atoms with E-state index in [1.807, 2.05) is 52.9 Å². The third kappa shape index (κ3) is 4.75. The number of nitrogens with one attached hydrogen (secondary N) is 1. The Hall–Kier alpha value is -5.24. The highest BCUT2D eigenvalue weighted by Gasteiger charge is 2.21. The first-order valence-electron chi connectivity index (χ1n) is 12.4. The topological polar surface area (TPSA) is 114 Å². The summed E-state index contributed by atoms with van der Waals surface area (Å²) in [6.45, 7) is 4.16. The van der Waals surface area contributed by atoms with Crippen molar-refractivity contribution in [2.24, 2.45) is 7.05 Å². The number of nitrogens with zero attached hydrogens (tertiary/aromatic N) is 8. The molecule has 0 bridgehead atoms. The zero-order valence-electron chi connectivity index (χ0n) is 21.5. The molecule has 3 aromatic heterocycles. The van der Waals surface area contributed by atoms with Crippen LogP contribution in [0.2, 0.25) is 0 Å². The van der Waals surface area contributed by atoms with Crippen molar-refractivity contribution in [1.82, 2.24) is 34.4 Å². The van der Waals surface area contributed by atoms with Gasteiger partial charge in [0.2, 0.25) is 11.9 Å². The largest absolute Gasteiger partial charge is 0.456 e. The maximum absolute atomic E-state index is 11.7. The second kappa shape index (κ2) is 9.90. The van der Waals surface area contributed by atoms with E-state index in [0.29, 0.717) is 66.0 Å². The number of rotatable bonds is 5. The Bertz CT molecular complexity index is 1750. The van der Waals surface area contributed by atoms with Crippen molar-refractivity contribution in [2.45, 2.75) is 6.92 Å². The van der Waals surface area contributed by atoms with Gasteiger partial charge in [-0.2, -0.15) is 0 Å². The van der Waals surface area contributed by atoms with Gasteiger partial charge in [0, 0.05) is 51.9 Å². The number of anilines is 3. The van der Waals surface area contributed by atoms with Crippen molar-refractivity contribution in [1.29, 1.82) is 0 Å². The fourth-order valence-electron chi connectivity index (χ4n) is 4.56. The minimum atomic E-state index is 0.0750. The maximum atomic E-state index is 11.7. The molecule has 1 aliphatic rings. The number of carbonyl (C=O) groups is 1. The van der Waals surface area contributed by atoms with E-state index in [1.54, 1.807) is 19.4 Å². The number of fused-ring (bicyclic) bond motifs is 2. The number of hydrogen-bond donors (Lipinski definition) is 1. The predicted octanol–water partition coefficient (Wildman–Crippen LogP) is 3.49. The second-order valence-corrected chi connectivity index (χ2v) is 9.21. The van der Waals surface area contributed by atoms with E-state index in [1.165, 1.54) is 6.33 Å². The van der Waals surface area contributed by atoms with Gasteiger partial charge >= 0.3 is 0 Å². The standard InChI is InChI=1S/C28H25N9O2/c1-4-19-13-20(5-8-25(19)39-21-6-7-24-22(14-21)32-17-35(24)3)33-27-26-23(30-16-31-27)15-29-28(34-26)37-11-9-36(10-12-37)18(2)38/h1,5-8,13-17H,9-12H2,2-3H3,(H,30,31,33). The SMILES string of the molecule is C#Cc1cc(Nc2ncnc3cnc(N4CCN(C(C)=O)CC4)nc23)ccc1Oc1ccc2c(c1)ncn2C. The van der Waals surface area contributed by atoms with E-state index in [9.17, 15) is 4.79 Å². The highest BCUT2D eigenvalue weighted by Crippen LogP contribution is 2.31. The number of ether oxygens (including phenoxy) is 1. The molecule has 39 heavy (non-hydrogen) atoms. The van der Waals surface area contributed by atoms with Crippen LogP contribution in [0.25, 0.3) is 22.1 Å². The Labute approximate surface area is 224 Å². The van der Waals surface area contributed by atoms with Crippen LogP contribution in [0.5, 0.6) is 11.5 Å². The Balaban J connectivity index is 1.24. The van der Waals surface area contributed by atoms with E-state index in [2.05, 4.69) is 36.1 Å². The molecule has 11 heteroatoms. The van der Waals surface area contributed by atoms with Crippen LogP contribution in [-0.2, 0) is 11.8 Å². The molecule has 1 amide bonds. The first-order valence-corrected chi connectivity index (χ1v) is 12.4. The average Bonchev–Trinajstić information content (AvgIpc) is 3.33. The number of benzene rings is 2. The minimum absolute atomic E-state index is 0.0750. The lowest BCUT2D eigenvalue weighted by atomic mass is 10.2. The molecule has 0 aliphatic carbocycles. The van der Waals surface area contributed by atoms with E-state index < -0.39 is 0 Å². The first-order chi connectivity index (χ1) is 19.0. The molecule has 5 aromatic rings. The Morgan fingerprint density at radius 3 is 2.67 bits per heavy atom. The van der Waals surface area contributed by atoms with Crippen LogP contribution in [0.3, 0.4) is 0 Å². The lowest BCUT2D eigenvalue weighted by Crippen LogP contribution is -2.48. The van der Waals surface area contributed by atoms with Gasteiger partial charge in [-0.05, 0) is 30.3 Å². The number of imidazole rings is 1. The highest BCUT2D eigenvalue weighted by atomic mass is 16.5. The van der Waals surface area contributed by atoms with Crippen LogP contribution in [0.4, 0.5) is 17.5 Å². The Morgan fingerprint density at radius 2 is 1.87 bits per heavy atom. The summed E-state index contributed by atoms with van der Waals surface area (Å²) in [6, 6.07) is 11.2. The van der Waals surface area contributed by atoms with Crippen LogP contribution in [-0.4, -0.2) is 66.5 Å². The number of hydrogen-bond acceptors (Lipinski definition) is 9. The maximum Gasteiger partial charge on any atom is 0.226 e. The molecule has 11 nitrogen and oxygen atoms in total. The molecular formula is C28H25N9O2. The molecule has 1 fully saturated rings. The third-order valence-electron chi connectivity index (χ3n) is 6.70. The van der Waals surface area contributed by atoms with Gasteiger partial charge in [-0.3, -0.25) is 4.79 Å². The summed E-state index contributed by atoms with van der Waals surface area (Å²) in [5.41, 5.74) is 4.36. The van der Waals surface area contributed by atoms with E-state index >= 15 is 0 Å². The van der Waals surface area contributed by atoms with Crippen molar-refractivity contribution >= 4 is 45.4 Å². The van der Waals surface area contributed by atoms with Crippen molar-refractivity contribution in [3.63, 3.8) is 0 Å². The van der Waals surface area contributed by atoms with Gasteiger partial charge in [-0.15, -0.1) is 6.42 Å². The zero-order valence-corrected chi connectivity index (χ0v) is 21.5. The van der Waals surface area contributed by atoms with Gasteiger partial charge in [0.15, 0.2) is 5.82 Å². The van der Waals surface area contributed by atoms with Gasteiger partial charge in [0.1, 0.15) is 28.9 Å². The van der Waals surface area contributed by atoms with Crippen LogP contribution in [0.15, 0.2) is 55.2 Å². The lowest BCUT2D eigenvalue weighted by Gasteiger charge is -2.34. The fraction of sp³-hybridized carbons (Fsp3) is 0.214. The Morgan fingerprint density at radius 1 is 1.03 bits per heavy atom. The monoisotopic (exact) mass is 519 g/mol. The summed E-state index contributed by atoms with van der Waals surface area (Å²) in [5, 5.41) is 3.32. The molecule has 0 radical (unpaired) electrons. The van der Waals surface area contributed by atoms with Crippen LogP contribution >= 0.6 is 0 Å². The normalized spacial score (nSPS) is 13.5. The van der Waals surface area contributed by atoms with E-state index in [4.69, 9.17) is 16.1 Å². The molecule has 1 saturated heterocycles. The number of aryl methyl sites for hydroxylation is 1. The first kappa shape index (κ1) is 24.1. The number of aromatic nitrogens is 6. The molecule has 1 aliphatic heterocycles. The van der Waals surface area contributed by atoms with Crippen LogP contribution in [0, 0.1) is 12.3 Å². The van der Waals surface area contributed by atoms with Crippen molar-refractivity contribution < 1.29 is 9.53 Å². The molecule has 0 saturated carbocycles. The predicted molar refractivity (Wildman–Crippen MR) is 148 cm³/mol. The molecule has 6 rings (SSSR count). The highest BCUT2D eigenvalue weighted by molar-refractivity contribution is 5.87. The van der Waals surface area contributed by atoms with Gasteiger partial charge in [0.25, 0.3) is 0 Å². The molecule has 1 N–H and O–H groups in total. The summed E-state index contributed by atoms with van der Waals surface area (Å²) in [4.78, 5) is 37.9. The molecule has 0 atom stereocenters. The van der Waals surface area contributed by atoms with Gasteiger partial charge in [0.05, 0.1) is 29.1 Å². The molecule has 0 unspecified atom stereocenters. The van der Waals surface area contributed by atoms with Gasteiger partial charge in [-0.1, -0.05) is 5.92 Å². The summed E-state index contributed by atoms with van der Waals surface area (Å²) < 4.78 is 8.05. The van der Waals surface area contributed by atoms with Gasteiger partial charge in [-0.25, -0.2) is 24.9 Å². The number of piperazine rings is 1. The third-order valence-corrected chi connectivity index (χ3v) is 6.70. The summed E-state index contributed by atoms with van der Waals surface area (Å²) in [5.74, 6) is 5.09. The smallest absolute Gasteiger partial charge is 0.226 e. The lowest BCUT2D eigenvalue weighted by molar-refractivity contribution is -0.129. The van der Waals surface area contributed by atoms with Crippen LogP contribution < -0.4 is 15.0 Å². The molecule has 2 aromatic carbocycles. The zero-order chi connectivity index (χ0) is 26.9. The molecule has 4 heterocycles. The number of terminal acetylenes is 1. The molecule has 194 valence electrons. The summed E-state index contributed by atoms with van der Waals surface area (Å²) >= 11 is 0. The van der Waals surface area contributed by atoms with Crippen molar-refractivity contribution in [3.05, 3.63) is 60.8 Å². The van der Waals surface area contributed by atoms with E-state index in [-0.39, 0.29) is 5.91 Å². The number of amides is 1.